The number of nitrogens with zero attached hydrogens (tertiary/aromatic N) is 2. The Balaban J connectivity index is 1.95. The van der Waals surface area contributed by atoms with Gasteiger partial charge in [-0.1, -0.05) is 6.42 Å². The van der Waals surface area contributed by atoms with E-state index in [1.165, 1.54) is 31.4 Å². The summed E-state index contributed by atoms with van der Waals surface area (Å²) in [6, 6.07) is 4.11. The standard InChI is InChI=1S/C14H19N3O4/c18-14(19)12-5-4-11(10-13(12)17(20)21)15-6-9-16-7-2-1-3-8-16/h4-5,10,15H,1-3,6-9H2,(H,18,19). The smallest absolute Gasteiger partial charge is 0.342 e. The molecular formula is C14H19N3O4. The molecule has 0 atom stereocenters. The van der Waals surface area contributed by atoms with Gasteiger partial charge in [0.2, 0.25) is 0 Å². The monoisotopic (exact) mass is 293 g/mol. The zero-order valence-corrected chi connectivity index (χ0v) is 11.7. The minimum Gasteiger partial charge on any atom is -0.477 e. The van der Waals surface area contributed by atoms with Crippen molar-refractivity contribution in [1.82, 2.24) is 4.90 Å². The summed E-state index contributed by atoms with van der Waals surface area (Å²) in [4.78, 5) is 23.5. The predicted octanol–water partition coefficient (Wildman–Crippen LogP) is 2.19. The summed E-state index contributed by atoms with van der Waals surface area (Å²) < 4.78 is 0. The summed E-state index contributed by atoms with van der Waals surface area (Å²) in [6.07, 6.45) is 3.73. The summed E-state index contributed by atoms with van der Waals surface area (Å²) in [7, 11) is 0. The Morgan fingerprint density at radius 2 is 2.05 bits per heavy atom. The summed E-state index contributed by atoms with van der Waals surface area (Å²) in [5.74, 6) is -1.29. The molecule has 0 radical (unpaired) electrons. The fourth-order valence-electron chi connectivity index (χ4n) is 2.51. The molecule has 1 saturated heterocycles. The van der Waals surface area contributed by atoms with Crippen LogP contribution in [0, 0.1) is 10.1 Å². The van der Waals surface area contributed by atoms with Gasteiger partial charge in [0.05, 0.1) is 4.92 Å². The molecule has 7 heteroatoms. The molecule has 0 saturated carbocycles. The highest BCUT2D eigenvalue weighted by Crippen LogP contribution is 2.23. The fraction of sp³-hybridized carbons (Fsp3) is 0.500. The van der Waals surface area contributed by atoms with E-state index in [2.05, 4.69) is 10.2 Å². The van der Waals surface area contributed by atoms with E-state index in [0.717, 1.165) is 19.6 Å². The van der Waals surface area contributed by atoms with Crippen molar-refractivity contribution in [3.63, 3.8) is 0 Å². The van der Waals surface area contributed by atoms with Crippen LogP contribution >= 0.6 is 0 Å². The van der Waals surface area contributed by atoms with Gasteiger partial charge >= 0.3 is 5.97 Å². The molecule has 7 nitrogen and oxygen atoms in total. The highest BCUT2D eigenvalue weighted by molar-refractivity contribution is 5.93. The van der Waals surface area contributed by atoms with Gasteiger partial charge in [0.1, 0.15) is 5.56 Å². The Morgan fingerprint density at radius 3 is 2.67 bits per heavy atom. The van der Waals surface area contributed by atoms with E-state index in [1.807, 2.05) is 0 Å². The van der Waals surface area contributed by atoms with Crippen molar-refractivity contribution in [3.8, 4) is 0 Å². The van der Waals surface area contributed by atoms with E-state index < -0.39 is 10.9 Å². The van der Waals surface area contributed by atoms with E-state index in [-0.39, 0.29) is 11.3 Å². The number of likely N-dealkylation sites (tertiary alicyclic amines) is 1. The maximum atomic E-state index is 10.9. The number of nitro benzene ring substituents is 1. The Kier molecular flexibility index (Phi) is 5.10. The molecule has 0 unspecified atom stereocenters. The van der Waals surface area contributed by atoms with Crippen molar-refractivity contribution in [1.29, 1.82) is 0 Å². The van der Waals surface area contributed by atoms with Gasteiger partial charge in [-0.05, 0) is 38.1 Å². The molecule has 1 aromatic rings. The largest absolute Gasteiger partial charge is 0.477 e. The van der Waals surface area contributed by atoms with Gasteiger partial charge < -0.3 is 15.3 Å². The van der Waals surface area contributed by atoms with E-state index in [9.17, 15) is 14.9 Å². The third kappa shape index (κ3) is 4.16. The topological polar surface area (TPSA) is 95.7 Å². The van der Waals surface area contributed by atoms with Gasteiger partial charge in [-0.3, -0.25) is 10.1 Å². The van der Waals surface area contributed by atoms with Crippen LogP contribution in [0.25, 0.3) is 0 Å². The average Bonchev–Trinajstić information content (AvgIpc) is 2.48. The molecule has 21 heavy (non-hydrogen) atoms. The minimum atomic E-state index is -1.29. The molecule has 1 aliphatic rings. The van der Waals surface area contributed by atoms with Crippen molar-refractivity contribution in [2.75, 3.05) is 31.5 Å². The van der Waals surface area contributed by atoms with Gasteiger partial charge in [0, 0.05) is 24.8 Å². The summed E-state index contributed by atoms with van der Waals surface area (Å²) in [6.45, 7) is 3.76. The number of hydrogen-bond donors (Lipinski definition) is 2. The normalized spacial score (nSPS) is 15.6. The number of carboxylic acids is 1. The van der Waals surface area contributed by atoms with Crippen molar-refractivity contribution in [2.24, 2.45) is 0 Å². The van der Waals surface area contributed by atoms with E-state index in [1.54, 1.807) is 6.07 Å². The molecule has 114 valence electrons. The van der Waals surface area contributed by atoms with E-state index in [4.69, 9.17) is 5.11 Å². The first-order valence-corrected chi connectivity index (χ1v) is 7.06. The van der Waals surface area contributed by atoms with Crippen LogP contribution < -0.4 is 5.32 Å². The number of anilines is 1. The van der Waals surface area contributed by atoms with Crippen LogP contribution in [0.4, 0.5) is 11.4 Å². The minimum absolute atomic E-state index is 0.290. The molecule has 0 amide bonds. The van der Waals surface area contributed by atoms with Gasteiger partial charge in [-0.2, -0.15) is 0 Å². The molecule has 0 aromatic heterocycles. The Hall–Kier alpha value is -2.15. The summed E-state index contributed by atoms with van der Waals surface area (Å²) >= 11 is 0. The zero-order valence-electron chi connectivity index (χ0n) is 11.7. The maximum absolute atomic E-state index is 10.9. The third-order valence-corrected chi connectivity index (χ3v) is 3.63. The number of rotatable bonds is 6. The number of piperidine rings is 1. The van der Waals surface area contributed by atoms with Crippen molar-refractivity contribution >= 4 is 17.3 Å². The van der Waals surface area contributed by atoms with Crippen LogP contribution in [0.15, 0.2) is 18.2 Å². The lowest BCUT2D eigenvalue weighted by atomic mass is 10.1. The first-order chi connectivity index (χ1) is 10.1. The number of aromatic carboxylic acids is 1. The SMILES string of the molecule is O=C(O)c1ccc(NCCN2CCCCC2)cc1[N+](=O)[O-]. The number of nitro groups is 1. The first kappa shape index (κ1) is 15.2. The highest BCUT2D eigenvalue weighted by atomic mass is 16.6. The van der Waals surface area contributed by atoms with Crippen LogP contribution in [0.5, 0.6) is 0 Å². The molecule has 2 N–H and O–H groups in total. The van der Waals surface area contributed by atoms with Gasteiger partial charge in [0.15, 0.2) is 0 Å². The molecule has 1 aromatic carbocycles. The van der Waals surface area contributed by atoms with Crippen molar-refractivity contribution < 1.29 is 14.8 Å². The molecule has 1 heterocycles. The average molecular weight is 293 g/mol. The summed E-state index contributed by atoms with van der Waals surface area (Å²) in [5, 5.41) is 22.9. The first-order valence-electron chi connectivity index (χ1n) is 7.06. The number of nitrogens with one attached hydrogen (secondary N) is 1. The molecule has 0 spiro atoms. The molecule has 2 rings (SSSR count). The van der Waals surface area contributed by atoms with Crippen LogP contribution in [0.3, 0.4) is 0 Å². The Morgan fingerprint density at radius 1 is 1.33 bits per heavy atom. The zero-order chi connectivity index (χ0) is 15.2. The van der Waals surface area contributed by atoms with Crippen LogP contribution in [0.2, 0.25) is 0 Å². The lowest BCUT2D eigenvalue weighted by Crippen LogP contribution is -2.33. The van der Waals surface area contributed by atoms with Crippen molar-refractivity contribution in [2.45, 2.75) is 19.3 Å². The number of carbonyl (C=O) groups is 1. The second kappa shape index (κ2) is 7.03. The second-order valence-corrected chi connectivity index (χ2v) is 5.12. The second-order valence-electron chi connectivity index (χ2n) is 5.12. The molecule has 1 aliphatic heterocycles. The lowest BCUT2D eigenvalue weighted by molar-refractivity contribution is -0.385. The van der Waals surface area contributed by atoms with Gasteiger partial charge in [-0.15, -0.1) is 0 Å². The Labute approximate surface area is 122 Å². The van der Waals surface area contributed by atoms with Crippen LogP contribution in [-0.2, 0) is 0 Å². The molecule has 0 bridgehead atoms. The summed E-state index contributed by atoms with van der Waals surface area (Å²) in [5.41, 5.74) is -0.101. The third-order valence-electron chi connectivity index (χ3n) is 3.63. The van der Waals surface area contributed by atoms with Gasteiger partial charge in [-0.25, -0.2) is 4.79 Å². The lowest BCUT2D eigenvalue weighted by Gasteiger charge is -2.26. The molecular weight excluding hydrogens is 274 g/mol. The van der Waals surface area contributed by atoms with Crippen LogP contribution in [0.1, 0.15) is 29.6 Å². The number of hydrogen-bond acceptors (Lipinski definition) is 5. The molecule has 0 aliphatic carbocycles. The predicted molar refractivity (Wildman–Crippen MR) is 78.8 cm³/mol. The fourth-order valence-corrected chi connectivity index (χ4v) is 2.51. The van der Waals surface area contributed by atoms with Crippen molar-refractivity contribution in [3.05, 3.63) is 33.9 Å². The van der Waals surface area contributed by atoms with Gasteiger partial charge in [0.25, 0.3) is 5.69 Å². The van der Waals surface area contributed by atoms with Crippen LogP contribution in [-0.4, -0.2) is 47.1 Å². The highest BCUT2D eigenvalue weighted by Gasteiger charge is 2.20. The van der Waals surface area contributed by atoms with E-state index in [0.29, 0.717) is 12.2 Å². The number of benzene rings is 1. The Bertz CT molecular complexity index is 527. The van der Waals surface area contributed by atoms with E-state index >= 15 is 0 Å². The number of carboxylic acid groups (broad SMARTS) is 1. The maximum Gasteiger partial charge on any atom is 0.342 e. The molecule has 1 fully saturated rings. The quantitative estimate of drug-likeness (QED) is 0.616.